The van der Waals surface area contributed by atoms with E-state index in [4.69, 9.17) is 4.74 Å². The number of hydrogen-bond donors (Lipinski definition) is 1. The molecule has 2 rings (SSSR count). The molecule has 1 N–H and O–H groups in total. The van der Waals surface area contributed by atoms with Crippen LogP contribution in [0.25, 0.3) is 0 Å². The van der Waals surface area contributed by atoms with Gasteiger partial charge in [-0.15, -0.1) is 0 Å². The van der Waals surface area contributed by atoms with Crippen LogP contribution in [0.15, 0.2) is 24.3 Å². The van der Waals surface area contributed by atoms with Crippen molar-refractivity contribution < 1.29 is 9.13 Å². The lowest BCUT2D eigenvalue weighted by molar-refractivity contribution is -0.0962. The van der Waals surface area contributed by atoms with Crippen molar-refractivity contribution >= 4 is 0 Å². The van der Waals surface area contributed by atoms with Gasteiger partial charge in [0, 0.05) is 12.6 Å². The minimum atomic E-state index is -0.325. The maximum absolute atomic E-state index is 13.3. The van der Waals surface area contributed by atoms with Gasteiger partial charge in [-0.25, -0.2) is 4.39 Å². The standard InChI is InChI=1S/C14H20FNO/c1-3-14(10-13(16-2)7-8-17-14)11-5-4-6-12(15)9-11/h4-6,9,13,16H,3,7-8,10H2,1-2H3. The number of benzene rings is 1. The van der Waals surface area contributed by atoms with E-state index in [1.165, 1.54) is 6.07 Å². The summed E-state index contributed by atoms with van der Waals surface area (Å²) in [5, 5.41) is 3.30. The Kier molecular flexibility index (Phi) is 3.79. The molecule has 0 spiro atoms. The highest BCUT2D eigenvalue weighted by Gasteiger charge is 2.37. The smallest absolute Gasteiger partial charge is 0.123 e. The van der Waals surface area contributed by atoms with Crippen LogP contribution in [-0.4, -0.2) is 19.7 Å². The predicted octanol–water partition coefficient (Wildman–Crippen LogP) is 2.83. The van der Waals surface area contributed by atoms with E-state index in [9.17, 15) is 4.39 Å². The molecule has 0 radical (unpaired) electrons. The van der Waals surface area contributed by atoms with E-state index in [2.05, 4.69) is 12.2 Å². The van der Waals surface area contributed by atoms with Crippen LogP contribution in [0.4, 0.5) is 4.39 Å². The van der Waals surface area contributed by atoms with Crippen LogP contribution in [-0.2, 0) is 10.3 Å². The quantitative estimate of drug-likeness (QED) is 0.872. The number of nitrogens with one attached hydrogen (secondary N) is 1. The average Bonchev–Trinajstić information content (AvgIpc) is 2.38. The molecule has 0 amide bonds. The summed E-state index contributed by atoms with van der Waals surface area (Å²) in [6, 6.07) is 7.25. The molecule has 0 aromatic heterocycles. The minimum absolute atomic E-state index is 0.189. The first-order valence-electron chi connectivity index (χ1n) is 6.27. The molecule has 2 unspecified atom stereocenters. The van der Waals surface area contributed by atoms with Gasteiger partial charge < -0.3 is 10.1 Å². The summed E-state index contributed by atoms with van der Waals surface area (Å²) in [6.07, 6.45) is 2.80. The van der Waals surface area contributed by atoms with E-state index in [1.54, 1.807) is 12.1 Å². The number of halogens is 1. The van der Waals surface area contributed by atoms with Crippen LogP contribution in [0, 0.1) is 5.82 Å². The first-order valence-corrected chi connectivity index (χ1v) is 6.27. The van der Waals surface area contributed by atoms with Gasteiger partial charge in [0.25, 0.3) is 0 Å². The van der Waals surface area contributed by atoms with Gasteiger partial charge in [-0.3, -0.25) is 0 Å². The fourth-order valence-electron chi connectivity index (χ4n) is 2.63. The zero-order chi connectivity index (χ0) is 12.3. The van der Waals surface area contributed by atoms with Crippen molar-refractivity contribution in [3.05, 3.63) is 35.6 Å². The number of rotatable bonds is 3. The van der Waals surface area contributed by atoms with Gasteiger partial charge in [-0.1, -0.05) is 19.1 Å². The molecule has 94 valence electrons. The largest absolute Gasteiger partial charge is 0.370 e. The summed E-state index contributed by atoms with van der Waals surface area (Å²) in [7, 11) is 1.97. The van der Waals surface area contributed by atoms with E-state index >= 15 is 0 Å². The number of hydrogen-bond acceptors (Lipinski definition) is 2. The van der Waals surface area contributed by atoms with Gasteiger partial charge in [0.05, 0.1) is 5.60 Å². The van der Waals surface area contributed by atoms with Gasteiger partial charge in [0.15, 0.2) is 0 Å². The Morgan fingerprint density at radius 3 is 3.00 bits per heavy atom. The molecule has 0 bridgehead atoms. The Hall–Kier alpha value is -0.930. The molecule has 1 aliphatic heterocycles. The molecule has 1 aliphatic rings. The zero-order valence-corrected chi connectivity index (χ0v) is 10.5. The van der Waals surface area contributed by atoms with Gasteiger partial charge in [0.1, 0.15) is 5.82 Å². The monoisotopic (exact) mass is 237 g/mol. The van der Waals surface area contributed by atoms with E-state index in [0.29, 0.717) is 6.04 Å². The third-order valence-electron chi connectivity index (χ3n) is 3.75. The van der Waals surface area contributed by atoms with Crippen LogP contribution in [0.3, 0.4) is 0 Å². The Labute approximate surface area is 102 Å². The Bertz CT molecular complexity index is 382. The average molecular weight is 237 g/mol. The van der Waals surface area contributed by atoms with Gasteiger partial charge >= 0.3 is 0 Å². The van der Waals surface area contributed by atoms with Gasteiger partial charge in [-0.05, 0) is 44.0 Å². The van der Waals surface area contributed by atoms with E-state index < -0.39 is 0 Å². The fourth-order valence-corrected chi connectivity index (χ4v) is 2.63. The second kappa shape index (κ2) is 5.15. The SMILES string of the molecule is CCC1(c2cccc(F)c2)CC(NC)CCO1. The Morgan fingerprint density at radius 1 is 1.53 bits per heavy atom. The van der Waals surface area contributed by atoms with Crippen LogP contribution in [0.5, 0.6) is 0 Å². The highest BCUT2D eigenvalue weighted by molar-refractivity contribution is 5.24. The van der Waals surface area contributed by atoms with Crippen LogP contribution in [0.2, 0.25) is 0 Å². The molecule has 0 aliphatic carbocycles. The minimum Gasteiger partial charge on any atom is -0.370 e. The molecule has 17 heavy (non-hydrogen) atoms. The fraction of sp³-hybridized carbons (Fsp3) is 0.571. The normalized spacial score (nSPS) is 29.2. The molecule has 3 heteroatoms. The maximum Gasteiger partial charge on any atom is 0.123 e. The molecule has 1 heterocycles. The molecule has 1 aromatic rings. The lowest BCUT2D eigenvalue weighted by Crippen LogP contribution is -2.44. The third-order valence-corrected chi connectivity index (χ3v) is 3.75. The van der Waals surface area contributed by atoms with Crippen molar-refractivity contribution in [1.82, 2.24) is 5.32 Å². The van der Waals surface area contributed by atoms with Gasteiger partial charge in [-0.2, -0.15) is 0 Å². The van der Waals surface area contributed by atoms with Crippen LogP contribution >= 0.6 is 0 Å². The molecular weight excluding hydrogens is 217 g/mol. The third kappa shape index (κ3) is 2.50. The Balaban J connectivity index is 2.30. The summed E-state index contributed by atoms with van der Waals surface area (Å²) in [5.74, 6) is -0.189. The first kappa shape index (κ1) is 12.5. The van der Waals surface area contributed by atoms with Crippen LogP contribution in [0.1, 0.15) is 31.7 Å². The highest BCUT2D eigenvalue weighted by atomic mass is 19.1. The molecule has 0 saturated carbocycles. The van der Waals surface area contributed by atoms with E-state index in [0.717, 1.165) is 31.4 Å². The van der Waals surface area contributed by atoms with E-state index in [1.807, 2.05) is 13.1 Å². The summed E-state index contributed by atoms with van der Waals surface area (Å²) in [6.45, 7) is 2.83. The first-order chi connectivity index (χ1) is 8.20. The van der Waals surface area contributed by atoms with Crippen molar-refractivity contribution in [3.63, 3.8) is 0 Å². The summed E-state index contributed by atoms with van der Waals surface area (Å²) >= 11 is 0. The zero-order valence-electron chi connectivity index (χ0n) is 10.5. The predicted molar refractivity (Wildman–Crippen MR) is 66.4 cm³/mol. The Morgan fingerprint density at radius 2 is 2.35 bits per heavy atom. The van der Waals surface area contributed by atoms with E-state index in [-0.39, 0.29) is 11.4 Å². The van der Waals surface area contributed by atoms with Gasteiger partial charge in [0.2, 0.25) is 0 Å². The topological polar surface area (TPSA) is 21.3 Å². The molecule has 2 atom stereocenters. The van der Waals surface area contributed by atoms with Crippen molar-refractivity contribution in [2.24, 2.45) is 0 Å². The summed E-state index contributed by atoms with van der Waals surface area (Å²) < 4.78 is 19.3. The molecule has 1 fully saturated rings. The summed E-state index contributed by atoms with van der Waals surface area (Å²) in [5.41, 5.74) is 0.633. The maximum atomic E-state index is 13.3. The lowest BCUT2D eigenvalue weighted by atomic mass is 9.82. The lowest BCUT2D eigenvalue weighted by Gasteiger charge is -2.41. The van der Waals surface area contributed by atoms with Crippen molar-refractivity contribution in [1.29, 1.82) is 0 Å². The summed E-state index contributed by atoms with van der Waals surface area (Å²) in [4.78, 5) is 0. The molecule has 1 aromatic carbocycles. The van der Waals surface area contributed by atoms with Crippen LogP contribution < -0.4 is 5.32 Å². The molecular formula is C14H20FNO. The van der Waals surface area contributed by atoms with Crippen molar-refractivity contribution in [3.8, 4) is 0 Å². The van der Waals surface area contributed by atoms with Crippen molar-refractivity contribution in [2.75, 3.05) is 13.7 Å². The van der Waals surface area contributed by atoms with Crippen molar-refractivity contribution in [2.45, 2.75) is 37.8 Å². The highest BCUT2D eigenvalue weighted by Crippen LogP contribution is 2.38. The second-order valence-electron chi connectivity index (χ2n) is 4.69. The molecule has 1 saturated heterocycles. The second-order valence-corrected chi connectivity index (χ2v) is 4.69. The molecule has 2 nitrogen and oxygen atoms in total. The number of ether oxygens (including phenoxy) is 1.